The molecule has 0 saturated carbocycles. The van der Waals surface area contributed by atoms with Gasteiger partial charge in [0.2, 0.25) is 5.91 Å². The third-order valence-corrected chi connectivity index (χ3v) is 7.05. The summed E-state index contributed by atoms with van der Waals surface area (Å²) in [5, 5.41) is 7.09. The van der Waals surface area contributed by atoms with Crippen LogP contribution in [0.2, 0.25) is 5.02 Å². The molecule has 0 bridgehead atoms. The lowest BCUT2D eigenvalue weighted by Crippen LogP contribution is -2.12. The van der Waals surface area contributed by atoms with Crippen molar-refractivity contribution < 1.29 is 14.3 Å². The number of ketones is 1. The van der Waals surface area contributed by atoms with Gasteiger partial charge in [-0.3, -0.25) is 9.59 Å². The third kappa shape index (κ3) is 7.05. The minimum absolute atomic E-state index is 0.0440. The number of carbonyl (C=O) groups excluding carboxylic acids is 2. The van der Waals surface area contributed by atoms with Gasteiger partial charge in [-0.2, -0.15) is 0 Å². The second-order valence-electron chi connectivity index (χ2n) is 9.76. The second-order valence-corrected chi connectivity index (χ2v) is 10.2. The molecular weight excluding hydrogens is 552 g/mol. The van der Waals surface area contributed by atoms with Crippen molar-refractivity contribution in [3.8, 4) is 11.5 Å². The number of rotatable bonds is 13. The van der Waals surface area contributed by atoms with Crippen LogP contribution in [0.4, 0.5) is 17.2 Å². The molecule has 1 amide bonds. The number of halogens is 1. The summed E-state index contributed by atoms with van der Waals surface area (Å²) in [5.74, 6) is 1.50. The van der Waals surface area contributed by atoms with Crippen LogP contribution in [0.15, 0.2) is 85.3 Å². The molecule has 9 nitrogen and oxygen atoms in total. The lowest BCUT2D eigenvalue weighted by Gasteiger charge is -2.10. The summed E-state index contributed by atoms with van der Waals surface area (Å²) >= 11 is 6.52. The zero-order chi connectivity index (χ0) is 29.3. The molecule has 5 N–H and O–H groups in total. The molecule has 42 heavy (non-hydrogen) atoms. The summed E-state index contributed by atoms with van der Waals surface area (Å²) in [4.78, 5) is 37.5. The van der Waals surface area contributed by atoms with Gasteiger partial charge in [-0.25, -0.2) is 9.97 Å². The lowest BCUT2D eigenvalue weighted by atomic mass is 10.0. The summed E-state index contributed by atoms with van der Waals surface area (Å²) in [6.07, 6.45) is 7.03. The number of nitrogens with zero attached hydrogens (tertiary/aromatic N) is 2. The highest BCUT2D eigenvalue weighted by molar-refractivity contribution is 6.35. The Hall–Kier alpha value is -4.89. The molecule has 3 aromatic carbocycles. The number of amides is 1. The maximum Gasteiger partial charge on any atom is 0.224 e. The van der Waals surface area contributed by atoms with Crippen LogP contribution in [0.25, 0.3) is 11.0 Å². The summed E-state index contributed by atoms with van der Waals surface area (Å²) in [7, 11) is 0. The van der Waals surface area contributed by atoms with E-state index in [2.05, 4.69) is 25.6 Å². The van der Waals surface area contributed by atoms with E-state index in [-0.39, 0.29) is 16.7 Å². The highest BCUT2D eigenvalue weighted by Crippen LogP contribution is 2.31. The normalized spacial score (nSPS) is 10.9. The topological polar surface area (TPSA) is 135 Å². The van der Waals surface area contributed by atoms with Crippen LogP contribution >= 0.6 is 11.6 Å². The number of unbranched alkanes of at least 4 members (excludes halogenated alkanes) is 3. The highest BCUT2D eigenvalue weighted by Gasteiger charge is 2.21. The Kier molecular flexibility index (Phi) is 9.30. The van der Waals surface area contributed by atoms with Gasteiger partial charge in [0, 0.05) is 30.8 Å². The fourth-order valence-electron chi connectivity index (χ4n) is 4.58. The standard InChI is InChI=1S/C32H31ClN6O3/c33-25-18-22(42-21-10-4-3-5-11-21)15-16-23(25)30(41)24-19-36-32-29(24)31(37-20-38-32)35-17-9-2-1-6-14-28(40)39-27-13-8-7-12-26(27)34/h3-5,7-8,10-13,15-16,18-20H,1-2,6,9,14,17,34H2,(H,39,40)(H2,35,36,37,38). The first kappa shape index (κ1) is 28.6. The van der Waals surface area contributed by atoms with E-state index in [1.165, 1.54) is 6.33 Å². The van der Waals surface area contributed by atoms with Crippen LogP contribution in [0.1, 0.15) is 48.0 Å². The Balaban J connectivity index is 1.15. The van der Waals surface area contributed by atoms with Crippen LogP contribution in [0.3, 0.4) is 0 Å². The second kappa shape index (κ2) is 13.6. The van der Waals surface area contributed by atoms with Crippen molar-refractivity contribution in [2.24, 2.45) is 0 Å². The van der Waals surface area contributed by atoms with Crippen molar-refractivity contribution in [2.75, 3.05) is 22.9 Å². The highest BCUT2D eigenvalue weighted by atomic mass is 35.5. The van der Waals surface area contributed by atoms with Crippen LogP contribution in [-0.2, 0) is 4.79 Å². The largest absolute Gasteiger partial charge is 0.457 e. The zero-order valence-corrected chi connectivity index (χ0v) is 23.7. The lowest BCUT2D eigenvalue weighted by molar-refractivity contribution is -0.116. The van der Waals surface area contributed by atoms with E-state index < -0.39 is 0 Å². The number of H-pyrrole nitrogens is 1. The Morgan fingerprint density at radius 2 is 1.67 bits per heavy atom. The molecule has 0 spiro atoms. The van der Waals surface area contributed by atoms with E-state index in [4.69, 9.17) is 22.1 Å². The molecule has 0 radical (unpaired) electrons. The van der Waals surface area contributed by atoms with E-state index in [0.717, 1.165) is 25.7 Å². The zero-order valence-electron chi connectivity index (χ0n) is 22.9. The average molecular weight is 583 g/mol. The minimum atomic E-state index is -0.245. The van der Waals surface area contributed by atoms with E-state index >= 15 is 0 Å². The first-order valence-electron chi connectivity index (χ1n) is 13.8. The number of ether oxygens (including phenoxy) is 1. The van der Waals surface area contributed by atoms with Crippen molar-refractivity contribution in [1.82, 2.24) is 15.0 Å². The SMILES string of the molecule is Nc1ccccc1NC(=O)CCCCCCNc1ncnc2[nH]cc(C(=O)c3ccc(Oc4ccccc4)cc3Cl)c12. The van der Waals surface area contributed by atoms with E-state index in [0.29, 0.717) is 63.8 Å². The smallest absolute Gasteiger partial charge is 0.224 e. The molecule has 0 aliphatic carbocycles. The Morgan fingerprint density at radius 1 is 0.881 bits per heavy atom. The number of hydrogen-bond donors (Lipinski definition) is 4. The van der Waals surface area contributed by atoms with E-state index in [1.807, 2.05) is 42.5 Å². The van der Waals surface area contributed by atoms with Crippen molar-refractivity contribution >= 4 is 51.5 Å². The fourth-order valence-corrected chi connectivity index (χ4v) is 4.84. The van der Waals surface area contributed by atoms with Gasteiger partial charge < -0.3 is 26.1 Å². The number of benzene rings is 3. The van der Waals surface area contributed by atoms with Crippen LogP contribution in [0.5, 0.6) is 11.5 Å². The predicted molar refractivity (Wildman–Crippen MR) is 166 cm³/mol. The fraction of sp³-hybridized carbons (Fsp3) is 0.188. The third-order valence-electron chi connectivity index (χ3n) is 6.74. The van der Waals surface area contributed by atoms with Gasteiger partial charge >= 0.3 is 0 Å². The number of nitrogens with two attached hydrogens (primary N) is 1. The number of carbonyl (C=O) groups is 2. The van der Waals surface area contributed by atoms with Crippen LogP contribution in [0, 0.1) is 0 Å². The molecule has 2 aromatic heterocycles. The number of hydrogen-bond acceptors (Lipinski definition) is 7. The van der Waals surface area contributed by atoms with Crippen molar-refractivity contribution in [1.29, 1.82) is 0 Å². The monoisotopic (exact) mass is 582 g/mol. The van der Waals surface area contributed by atoms with E-state index in [9.17, 15) is 9.59 Å². The molecule has 0 aliphatic rings. The number of para-hydroxylation sites is 3. The molecule has 0 saturated heterocycles. The quantitative estimate of drug-likeness (QED) is 0.0653. The molecule has 10 heteroatoms. The minimum Gasteiger partial charge on any atom is -0.457 e. The number of aromatic nitrogens is 3. The Labute approximate surface area is 248 Å². The molecular formula is C32H31ClN6O3. The summed E-state index contributed by atoms with van der Waals surface area (Å²) in [5.41, 5.74) is 8.41. The van der Waals surface area contributed by atoms with Crippen LogP contribution in [-0.4, -0.2) is 33.2 Å². The molecule has 0 atom stereocenters. The molecule has 0 aliphatic heterocycles. The number of aromatic amines is 1. The molecule has 0 unspecified atom stereocenters. The molecule has 0 fully saturated rings. The van der Waals surface area contributed by atoms with Gasteiger partial charge in [-0.05, 0) is 49.2 Å². The molecule has 5 rings (SSSR count). The summed E-state index contributed by atoms with van der Waals surface area (Å²) in [6.45, 7) is 0.657. The van der Waals surface area contributed by atoms with Crippen LogP contribution < -0.4 is 21.1 Å². The van der Waals surface area contributed by atoms with Gasteiger partial charge in [-0.1, -0.05) is 54.8 Å². The van der Waals surface area contributed by atoms with E-state index in [1.54, 1.807) is 36.5 Å². The average Bonchev–Trinajstić information content (AvgIpc) is 3.43. The molecule has 2 heterocycles. The van der Waals surface area contributed by atoms with Crippen molar-refractivity contribution in [3.63, 3.8) is 0 Å². The maximum absolute atomic E-state index is 13.5. The summed E-state index contributed by atoms with van der Waals surface area (Å²) in [6, 6.07) is 21.6. The predicted octanol–water partition coefficient (Wildman–Crippen LogP) is 7.22. The Morgan fingerprint density at radius 3 is 2.48 bits per heavy atom. The van der Waals surface area contributed by atoms with Gasteiger partial charge in [0.15, 0.2) is 5.78 Å². The maximum atomic E-state index is 13.5. The number of nitrogens with one attached hydrogen (secondary N) is 3. The molecule has 5 aromatic rings. The van der Waals surface area contributed by atoms with Crippen molar-refractivity contribution in [2.45, 2.75) is 32.1 Å². The number of fused-ring (bicyclic) bond motifs is 1. The van der Waals surface area contributed by atoms with Gasteiger partial charge in [0.25, 0.3) is 0 Å². The van der Waals surface area contributed by atoms with Gasteiger partial charge in [0.05, 0.1) is 27.3 Å². The van der Waals surface area contributed by atoms with Gasteiger partial charge in [0.1, 0.15) is 29.3 Å². The molecule has 214 valence electrons. The number of nitrogen functional groups attached to an aromatic ring is 1. The summed E-state index contributed by atoms with van der Waals surface area (Å²) < 4.78 is 5.84. The first-order chi connectivity index (χ1) is 20.5. The number of anilines is 3. The van der Waals surface area contributed by atoms with Crippen molar-refractivity contribution in [3.05, 3.63) is 101 Å². The van der Waals surface area contributed by atoms with Gasteiger partial charge in [-0.15, -0.1) is 0 Å². The Bertz CT molecular complexity index is 1690. The first-order valence-corrected chi connectivity index (χ1v) is 14.1.